The van der Waals surface area contributed by atoms with E-state index in [-0.39, 0.29) is 0 Å². The molecule has 2 rings (SSSR count). The number of hydrogen-bond donors (Lipinski definition) is 0. The van der Waals surface area contributed by atoms with E-state index in [1.54, 1.807) is 7.11 Å². The monoisotopic (exact) mass is 242 g/mol. The van der Waals surface area contributed by atoms with E-state index in [0.29, 0.717) is 14.5 Å². The zero-order chi connectivity index (χ0) is 9.42. The second kappa shape index (κ2) is 3.17. The molecular weight excluding hydrogens is 229 g/mol. The molecule has 0 spiro atoms. The first-order valence-electron chi connectivity index (χ1n) is 4.15. The van der Waals surface area contributed by atoms with Gasteiger partial charge in [-0.3, -0.25) is 0 Å². The molecule has 0 saturated carbocycles. The van der Waals surface area contributed by atoms with E-state index in [1.807, 2.05) is 6.07 Å². The average molecular weight is 241 g/mol. The fourth-order valence-electron chi connectivity index (χ4n) is 1.37. The van der Waals surface area contributed by atoms with Gasteiger partial charge in [0.2, 0.25) is 0 Å². The summed E-state index contributed by atoms with van der Waals surface area (Å²) in [7, 11) is 3.82. The summed E-state index contributed by atoms with van der Waals surface area (Å²) in [5.41, 5.74) is 1.30. The van der Waals surface area contributed by atoms with Crippen LogP contribution in [-0.4, -0.2) is 21.6 Å². The zero-order valence-electron chi connectivity index (χ0n) is 8.00. The van der Waals surface area contributed by atoms with Gasteiger partial charge in [-0.1, -0.05) is 0 Å². The maximum absolute atomic E-state index is 5.19. The van der Waals surface area contributed by atoms with Crippen LogP contribution < -0.4 is 9.30 Å². The topological polar surface area (TPSA) is 13.1 Å². The molecule has 1 aromatic carbocycles. The van der Waals surface area contributed by atoms with Gasteiger partial charge < -0.3 is 0 Å². The molecule has 0 unspecified atom stereocenters. The van der Waals surface area contributed by atoms with Crippen LogP contribution in [0.4, 0.5) is 0 Å². The van der Waals surface area contributed by atoms with Gasteiger partial charge in [0, 0.05) is 0 Å². The van der Waals surface area contributed by atoms with Crippen molar-refractivity contribution in [1.29, 1.82) is 0 Å². The van der Waals surface area contributed by atoms with Crippen LogP contribution in [-0.2, 0) is 7.05 Å². The van der Waals surface area contributed by atoms with Gasteiger partial charge >= 0.3 is 83.2 Å². The van der Waals surface area contributed by atoms with Crippen molar-refractivity contribution in [2.45, 2.75) is 6.92 Å². The predicted molar refractivity (Wildman–Crippen MR) is 53.4 cm³/mol. The number of rotatable bonds is 1. The average Bonchev–Trinajstić information content (AvgIpc) is 2.43. The SMILES string of the molecule is COc1ccc2[se]c(C)[n+](C)c2c1. The molecule has 0 bridgehead atoms. The summed E-state index contributed by atoms with van der Waals surface area (Å²) >= 11 is 0.510. The number of benzene rings is 1. The molecule has 0 aliphatic heterocycles. The third kappa shape index (κ3) is 1.38. The van der Waals surface area contributed by atoms with Gasteiger partial charge in [-0.2, -0.15) is 0 Å². The summed E-state index contributed by atoms with van der Waals surface area (Å²) in [6, 6.07) is 6.31. The Morgan fingerprint density at radius 1 is 1.38 bits per heavy atom. The Balaban J connectivity index is 2.75. The van der Waals surface area contributed by atoms with Gasteiger partial charge in [-0.05, 0) is 0 Å². The first-order valence-corrected chi connectivity index (χ1v) is 5.87. The summed E-state index contributed by atoms with van der Waals surface area (Å²) in [4.78, 5) is 0. The molecular formula is C10H12NOSe+. The minimum atomic E-state index is 0.510. The molecule has 68 valence electrons. The molecule has 2 aromatic rings. The summed E-state index contributed by atoms with van der Waals surface area (Å²) < 4.78 is 10.3. The van der Waals surface area contributed by atoms with Crippen LogP contribution in [0.15, 0.2) is 18.2 Å². The van der Waals surface area contributed by atoms with E-state index >= 15 is 0 Å². The normalized spacial score (nSPS) is 10.7. The summed E-state index contributed by atoms with van der Waals surface area (Å²) in [6.07, 6.45) is 0. The summed E-state index contributed by atoms with van der Waals surface area (Å²) in [5.74, 6) is 0.941. The molecule has 2 nitrogen and oxygen atoms in total. The fraction of sp³-hybridized carbons (Fsp3) is 0.300. The van der Waals surface area contributed by atoms with Crippen molar-refractivity contribution in [2.24, 2.45) is 7.05 Å². The molecule has 1 aromatic heterocycles. The van der Waals surface area contributed by atoms with Crippen molar-refractivity contribution in [3.63, 3.8) is 0 Å². The molecule has 3 heteroatoms. The van der Waals surface area contributed by atoms with Gasteiger partial charge in [0.05, 0.1) is 0 Å². The number of hydrogen-bond acceptors (Lipinski definition) is 1. The van der Waals surface area contributed by atoms with Crippen molar-refractivity contribution in [1.82, 2.24) is 0 Å². The Labute approximate surface area is 83.5 Å². The van der Waals surface area contributed by atoms with E-state index in [1.165, 1.54) is 14.3 Å². The van der Waals surface area contributed by atoms with E-state index in [0.717, 1.165) is 5.75 Å². The number of fused-ring (bicyclic) bond motifs is 1. The van der Waals surface area contributed by atoms with Crippen LogP contribution in [0.5, 0.6) is 5.75 Å². The molecule has 13 heavy (non-hydrogen) atoms. The Morgan fingerprint density at radius 3 is 2.85 bits per heavy atom. The van der Waals surface area contributed by atoms with Crippen molar-refractivity contribution in [3.8, 4) is 5.75 Å². The molecule has 0 radical (unpaired) electrons. The third-order valence-corrected chi connectivity index (χ3v) is 4.64. The molecule has 0 amide bonds. The van der Waals surface area contributed by atoms with Gasteiger partial charge in [0.1, 0.15) is 0 Å². The van der Waals surface area contributed by atoms with Crippen molar-refractivity contribution >= 4 is 24.3 Å². The van der Waals surface area contributed by atoms with Crippen LogP contribution >= 0.6 is 0 Å². The zero-order valence-corrected chi connectivity index (χ0v) is 9.71. The molecule has 0 aliphatic rings. The number of aromatic nitrogens is 1. The van der Waals surface area contributed by atoms with E-state index in [9.17, 15) is 0 Å². The molecule has 0 saturated heterocycles. The number of nitrogens with zero attached hydrogens (tertiary/aromatic N) is 1. The van der Waals surface area contributed by atoms with E-state index in [4.69, 9.17) is 4.74 Å². The van der Waals surface area contributed by atoms with Crippen LogP contribution in [0, 0.1) is 6.92 Å². The van der Waals surface area contributed by atoms with Crippen molar-refractivity contribution in [2.75, 3.05) is 7.11 Å². The Hall–Kier alpha value is -0.791. The summed E-state index contributed by atoms with van der Waals surface area (Å²) in [6.45, 7) is 2.19. The van der Waals surface area contributed by atoms with Gasteiger partial charge in [-0.15, -0.1) is 0 Å². The second-order valence-electron chi connectivity index (χ2n) is 3.01. The quantitative estimate of drug-likeness (QED) is 0.537. The fourth-order valence-corrected chi connectivity index (χ4v) is 3.45. The minimum absolute atomic E-state index is 0.510. The van der Waals surface area contributed by atoms with Crippen molar-refractivity contribution < 1.29 is 9.30 Å². The molecule has 0 aliphatic carbocycles. The number of aryl methyl sites for hydroxylation is 2. The number of ether oxygens (including phenoxy) is 1. The van der Waals surface area contributed by atoms with Crippen LogP contribution in [0.25, 0.3) is 9.78 Å². The van der Waals surface area contributed by atoms with Crippen LogP contribution in [0.1, 0.15) is 4.57 Å². The maximum atomic E-state index is 5.19. The Kier molecular flexibility index (Phi) is 2.14. The van der Waals surface area contributed by atoms with Gasteiger partial charge in [0.25, 0.3) is 0 Å². The number of methoxy groups -OCH3 is 1. The van der Waals surface area contributed by atoms with E-state index < -0.39 is 0 Å². The Morgan fingerprint density at radius 2 is 2.15 bits per heavy atom. The first-order chi connectivity index (χ1) is 6.22. The standard InChI is InChI=1S/C10H12NOSe/c1-7-11(2)9-6-8(12-3)4-5-10(9)13-7/h4-6H,1-3H3/q+1. The van der Waals surface area contributed by atoms with Gasteiger partial charge in [0.15, 0.2) is 0 Å². The summed E-state index contributed by atoms with van der Waals surface area (Å²) in [5, 5.41) is 0. The Bertz CT molecular complexity index is 447. The molecule has 0 fully saturated rings. The van der Waals surface area contributed by atoms with Crippen LogP contribution in [0.3, 0.4) is 0 Å². The van der Waals surface area contributed by atoms with E-state index in [2.05, 4.69) is 30.7 Å². The molecule has 0 N–H and O–H groups in total. The third-order valence-electron chi connectivity index (χ3n) is 2.26. The molecule has 0 atom stereocenters. The van der Waals surface area contributed by atoms with Crippen LogP contribution in [0.2, 0.25) is 0 Å². The van der Waals surface area contributed by atoms with Crippen molar-refractivity contribution in [3.05, 3.63) is 22.8 Å². The second-order valence-corrected chi connectivity index (χ2v) is 5.60. The molecule has 1 heterocycles. The van der Waals surface area contributed by atoms with Gasteiger partial charge in [-0.25, -0.2) is 0 Å². The first kappa shape index (κ1) is 8.79. The predicted octanol–water partition coefficient (Wildman–Crippen LogP) is 1.04.